The van der Waals surface area contributed by atoms with Gasteiger partial charge in [0.25, 0.3) is 5.91 Å². The fourth-order valence-electron chi connectivity index (χ4n) is 5.80. The van der Waals surface area contributed by atoms with Gasteiger partial charge in [-0.25, -0.2) is 9.78 Å². The Labute approximate surface area is 256 Å². The molecule has 1 aromatic heterocycles. The van der Waals surface area contributed by atoms with E-state index in [9.17, 15) is 9.59 Å². The molecule has 1 N–H and O–H groups in total. The Balaban J connectivity index is 1.34. The Morgan fingerprint density at radius 3 is 2.42 bits per heavy atom. The van der Waals surface area contributed by atoms with Crippen molar-refractivity contribution < 1.29 is 14.3 Å². The minimum Gasteiger partial charge on any atom is -0.452 e. The number of allylic oxidation sites excluding steroid dienone is 1. The molecule has 0 saturated carbocycles. The number of aromatic nitrogens is 1. The van der Waals surface area contributed by atoms with Crippen molar-refractivity contribution in [3.8, 4) is 0 Å². The van der Waals surface area contributed by atoms with Gasteiger partial charge in [-0.1, -0.05) is 93.0 Å². The van der Waals surface area contributed by atoms with Crippen LogP contribution in [0.4, 0.5) is 5.69 Å². The Kier molecular flexibility index (Phi) is 7.76. The number of rotatable bonds is 5. The predicted molar refractivity (Wildman–Crippen MR) is 175 cm³/mol. The zero-order valence-electron chi connectivity index (χ0n) is 24.5. The first-order chi connectivity index (χ1) is 20.7. The summed E-state index contributed by atoms with van der Waals surface area (Å²) in [6, 6.07) is 29.0. The Morgan fingerprint density at radius 2 is 1.65 bits per heavy atom. The summed E-state index contributed by atoms with van der Waals surface area (Å²) in [6.07, 6.45) is 3.65. The highest BCUT2D eigenvalue weighted by atomic mass is 35.5. The minimum absolute atomic E-state index is 0.0106. The molecule has 0 unspecified atom stereocenters. The van der Waals surface area contributed by atoms with E-state index < -0.39 is 18.5 Å². The molecule has 0 aliphatic heterocycles. The number of fused-ring (bicyclic) bond motifs is 3. The number of benzene rings is 4. The molecule has 6 heteroatoms. The monoisotopic (exact) mass is 588 g/mol. The van der Waals surface area contributed by atoms with Crippen molar-refractivity contribution in [2.45, 2.75) is 33.6 Å². The number of hydrogen-bond donors (Lipinski definition) is 1. The van der Waals surface area contributed by atoms with Gasteiger partial charge in [0.1, 0.15) is 0 Å². The lowest BCUT2D eigenvalue weighted by Crippen LogP contribution is -2.29. The average molecular weight is 589 g/mol. The van der Waals surface area contributed by atoms with Crippen molar-refractivity contribution in [3.63, 3.8) is 0 Å². The maximum Gasteiger partial charge on any atom is 0.339 e. The van der Waals surface area contributed by atoms with Gasteiger partial charge in [0.15, 0.2) is 6.61 Å². The second-order valence-corrected chi connectivity index (χ2v) is 12.6. The third kappa shape index (κ3) is 6.18. The molecule has 0 saturated heterocycles. The number of carbonyl (C=O) groups is 2. The predicted octanol–water partition coefficient (Wildman–Crippen LogP) is 8.99. The zero-order valence-corrected chi connectivity index (χ0v) is 25.2. The number of ether oxygens (including phenoxy) is 1. The third-order valence-corrected chi connectivity index (χ3v) is 8.47. The number of anilines is 1. The summed E-state index contributed by atoms with van der Waals surface area (Å²) in [5.74, 6) is -0.653. The van der Waals surface area contributed by atoms with Crippen LogP contribution in [0.15, 0.2) is 91.0 Å². The zero-order chi connectivity index (χ0) is 30.1. The smallest absolute Gasteiger partial charge is 0.339 e. The molecule has 216 valence electrons. The van der Waals surface area contributed by atoms with Gasteiger partial charge < -0.3 is 10.1 Å². The van der Waals surface area contributed by atoms with Crippen molar-refractivity contribution in [2.75, 3.05) is 11.9 Å². The molecule has 5 nitrogen and oxygen atoms in total. The van der Waals surface area contributed by atoms with Crippen molar-refractivity contribution in [1.82, 2.24) is 4.98 Å². The number of amides is 1. The molecule has 5 aromatic rings. The van der Waals surface area contributed by atoms with E-state index in [4.69, 9.17) is 21.3 Å². The molecular weight excluding hydrogens is 556 g/mol. The van der Waals surface area contributed by atoms with Crippen LogP contribution in [0.25, 0.3) is 33.3 Å². The number of pyridine rings is 1. The Hall–Kier alpha value is -4.48. The number of nitrogens with one attached hydrogen (secondary N) is 1. The first-order valence-electron chi connectivity index (χ1n) is 14.5. The van der Waals surface area contributed by atoms with Crippen LogP contribution < -0.4 is 5.32 Å². The number of carbonyl (C=O) groups excluding carboxylic acids is 2. The van der Waals surface area contributed by atoms with Gasteiger partial charge in [-0.2, -0.15) is 0 Å². The quantitative estimate of drug-likeness (QED) is 0.208. The van der Waals surface area contributed by atoms with E-state index in [0.717, 1.165) is 45.0 Å². The van der Waals surface area contributed by atoms with Gasteiger partial charge in [-0.05, 0) is 88.1 Å². The molecule has 0 fully saturated rings. The first-order valence-corrected chi connectivity index (χ1v) is 14.9. The average Bonchev–Trinajstić information content (AvgIpc) is 2.99. The van der Waals surface area contributed by atoms with Crippen molar-refractivity contribution in [2.24, 2.45) is 11.3 Å². The van der Waals surface area contributed by atoms with E-state index in [0.29, 0.717) is 28.2 Å². The number of hydrogen-bond acceptors (Lipinski definition) is 4. The van der Waals surface area contributed by atoms with E-state index >= 15 is 0 Å². The van der Waals surface area contributed by atoms with Gasteiger partial charge in [0.2, 0.25) is 0 Å². The number of halogens is 1. The number of esters is 1. The molecule has 0 bridgehead atoms. The SMILES string of the molecule is CC(C)(C)[C@@H]1C/C(=C/c2ccc(Cl)cc2)c2nc3ccccc3c(C(=O)OCC(=O)Nc3ccc4ccccc4c3)c2C1. The normalized spacial score (nSPS) is 15.8. The van der Waals surface area contributed by atoms with Crippen LogP contribution in [0.2, 0.25) is 5.02 Å². The molecule has 0 radical (unpaired) electrons. The number of nitrogens with zero attached hydrogens (tertiary/aromatic N) is 1. The van der Waals surface area contributed by atoms with Gasteiger partial charge in [0, 0.05) is 16.1 Å². The molecule has 4 aromatic carbocycles. The molecule has 1 atom stereocenters. The summed E-state index contributed by atoms with van der Waals surface area (Å²) in [7, 11) is 0. The summed E-state index contributed by atoms with van der Waals surface area (Å²) in [5, 5.41) is 6.36. The Bertz CT molecular complexity index is 1890. The summed E-state index contributed by atoms with van der Waals surface area (Å²) < 4.78 is 5.70. The van der Waals surface area contributed by atoms with E-state index in [1.54, 1.807) is 0 Å². The molecule has 1 aliphatic carbocycles. The molecule has 6 rings (SSSR count). The van der Waals surface area contributed by atoms with E-state index in [1.165, 1.54) is 0 Å². The Morgan fingerprint density at radius 1 is 0.930 bits per heavy atom. The fraction of sp³-hybridized carbons (Fsp3) is 0.216. The third-order valence-electron chi connectivity index (χ3n) is 8.22. The van der Waals surface area contributed by atoms with Crippen LogP contribution >= 0.6 is 11.6 Å². The standard InChI is InChI=1S/C37H33ClN2O3/c1-37(2,3)27-19-26(18-23-12-15-28(38)16-13-23)35-31(21-27)34(30-10-6-7-11-32(30)40-35)36(42)43-22-33(41)39-29-17-14-24-8-4-5-9-25(24)20-29/h4-18,20,27H,19,21-22H2,1-3H3,(H,39,41)/b26-18-/t27-/m1/s1. The lowest BCUT2D eigenvalue weighted by atomic mass is 9.69. The summed E-state index contributed by atoms with van der Waals surface area (Å²) in [6.45, 7) is 6.29. The van der Waals surface area contributed by atoms with Crippen LogP contribution in [0.1, 0.15) is 54.4 Å². The number of para-hydroxylation sites is 1. The molecule has 1 aliphatic rings. The second kappa shape index (κ2) is 11.7. The highest BCUT2D eigenvalue weighted by Gasteiger charge is 2.35. The molecular formula is C37H33ClN2O3. The van der Waals surface area contributed by atoms with Crippen molar-refractivity contribution >= 4 is 62.5 Å². The molecule has 43 heavy (non-hydrogen) atoms. The van der Waals surface area contributed by atoms with Crippen molar-refractivity contribution in [1.29, 1.82) is 0 Å². The fourth-order valence-corrected chi connectivity index (χ4v) is 5.92. The van der Waals surface area contributed by atoms with E-state index in [2.05, 4.69) is 32.2 Å². The topological polar surface area (TPSA) is 68.3 Å². The van der Waals surface area contributed by atoms with Crippen LogP contribution in [-0.2, 0) is 16.0 Å². The lowest BCUT2D eigenvalue weighted by molar-refractivity contribution is -0.119. The highest BCUT2D eigenvalue weighted by molar-refractivity contribution is 6.30. The van der Waals surface area contributed by atoms with Gasteiger partial charge >= 0.3 is 5.97 Å². The van der Waals surface area contributed by atoms with Gasteiger partial charge in [-0.15, -0.1) is 0 Å². The van der Waals surface area contributed by atoms with E-state index in [-0.39, 0.29) is 11.3 Å². The van der Waals surface area contributed by atoms with Crippen LogP contribution in [0.5, 0.6) is 0 Å². The second-order valence-electron chi connectivity index (χ2n) is 12.2. The van der Waals surface area contributed by atoms with Gasteiger partial charge in [-0.3, -0.25) is 4.79 Å². The van der Waals surface area contributed by atoms with Crippen molar-refractivity contribution in [3.05, 3.63) is 118 Å². The van der Waals surface area contributed by atoms with Crippen LogP contribution in [0, 0.1) is 11.3 Å². The maximum absolute atomic E-state index is 13.9. The summed E-state index contributed by atoms with van der Waals surface area (Å²) >= 11 is 6.15. The van der Waals surface area contributed by atoms with Crippen LogP contribution in [0.3, 0.4) is 0 Å². The molecule has 0 spiro atoms. The van der Waals surface area contributed by atoms with E-state index in [1.807, 2.05) is 91.0 Å². The summed E-state index contributed by atoms with van der Waals surface area (Å²) in [4.78, 5) is 31.8. The molecule has 1 amide bonds. The largest absolute Gasteiger partial charge is 0.452 e. The summed E-state index contributed by atoms with van der Waals surface area (Å²) in [5.41, 5.74) is 5.59. The van der Waals surface area contributed by atoms with Crippen LogP contribution in [-0.4, -0.2) is 23.5 Å². The lowest BCUT2D eigenvalue weighted by Gasteiger charge is -2.36. The van der Waals surface area contributed by atoms with Gasteiger partial charge in [0.05, 0.1) is 16.8 Å². The first kappa shape index (κ1) is 28.6. The minimum atomic E-state index is -0.524. The highest BCUT2D eigenvalue weighted by Crippen LogP contribution is 2.45. The maximum atomic E-state index is 13.9. The molecule has 1 heterocycles.